The van der Waals surface area contributed by atoms with E-state index in [4.69, 9.17) is 16.3 Å². The van der Waals surface area contributed by atoms with Gasteiger partial charge in [0.2, 0.25) is 0 Å². The summed E-state index contributed by atoms with van der Waals surface area (Å²) in [6.45, 7) is 6.03. The van der Waals surface area contributed by atoms with Gasteiger partial charge in [-0.25, -0.2) is 4.79 Å². The zero-order valence-corrected chi connectivity index (χ0v) is 17.5. The molecule has 1 aliphatic heterocycles. The van der Waals surface area contributed by atoms with Gasteiger partial charge in [0, 0.05) is 43.9 Å². The first-order valence-electron chi connectivity index (χ1n) is 9.22. The van der Waals surface area contributed by atoms with Gasteiger partial charge in [0.15, 0.2) is 5.78 Å². The maximum atomic E-state index is 13.3. The molecule has 0 aliphatic carbocycles. The van der Waals surface area contributed by atoms with Gasteiger partial charge in [-0.05, 0) is 51.3 Å². The summed E-state index contributed by atoms with van der Waals surface area (Å²) in [5, 5.41) is 0.662. The molecule has 0 unspecified atom stereocenters. The Morgan fingerprint density at radius 1 is 1.26 bits per heavy atom. The maximum absolute atomic E-state index is 13.3. The molecule has 0 saturated carbocycles. The number of rotatable bonds is 5. The molecule has 1 heterocycles. The van der Waals surface area contributed by atoms with Crippen molar-refractivity contribution in [3.05, 3.63) is 46.6 Å². The second kappa shape index (κ2) is 8.79. The first kappa shape index (κ1) is 21.3. The molecule has 148 valence electrons. The highest BCUT2D eigenvalue weighted by molar-refractivity contribution is 6.30. The van der Waals surface area contributed by atoms with Crippen LogP contribution in [-0.4, -0.2) is 54.0 Å². The van der Waals surface area contributed by atoms with Crippen molar-refractivity contribution in [2.75, 3.05) is 20.6 Å². The number of hydrogen-bond donors (Lipinski definition) is 0. The second-order valence-electron chi connectivity index (χ2n) is 8.12. The van der Waals surface area contributed by atoms with Crippen LogP contribution in [-0.2, 0) is 16.0 Å². The van der Waals surface area contributed by atoms with E-state index in [1.165, 1.54) is 0 Å². The van der Waals surface area contributed by atoms with Gasteiger partial charge < -0.3 is 9.64 Å². The number of amides is 1. The number of likely N-dealkylation sites (tertiary alicyclic amines) is 1. The molecule has 1 saturated heterocycles. The number of carbonyl (C=O) groups is 2. The molecule has 0 bridgehead atoms. The van der Waals surface area contributed by atoms with Crippen LogP contribution in [0.3, 0.4) is 0 Å². The molecule has 5 nitrogen and oxygen atoms in total. The van der Waals surface area contributed by atoms with Crippen molar-refractivity contribution in [2.24, 2.45) is 0 Å². The standard InChI is InChI=1S/C21H29ClN2O3/c1-21(2,3)27-20(26)24-12-6-7-18(24)19(25)16(14-23(4)5)13-15-8-10-17(22)11-9-15/h8-11,14,18H,6-7,12-13H2,1-5H3/t18-/m0/s1. The lowest BCUT2D eigenvalue weighted by Crippen LogP contribution is -2.44. The predicted octanol–water partition coefficient (Wildman–Crippen LogP) is 4.30. The Morgan fingerprint density at radius 2 is 1.89 bits per heavy atom. The Labute approximate surface area is 166 Å². The molecule has 6 heteroatoms. The lowest BCUT2D eigenvalue weighted by molar-refractivity contribution is -0.119. The third kappa shape index (κ3) is 6.28. The zero-order valence-electron chi connectivity index (χ0n) is 16.8. The quantitative estimate of drug-likeness (QED) is 0.701. The van der Waals surface area contributed by atoms with Crippen LogP contribution in [0.4, 0.5) is 4.79 Å². The summed E-state index contributed by atoms with van der Waals surface area (Å²) in [4.78, 5) is 29.2. The van der Waals surface area contributed by atoms with Gasteiger partial charge >= 0.3 is 6.09 Å². The predicted molar refractivity (Wildman–Crippen MR) is 108 cm³/mol. The van der Waals surface area contributed by atoms with Crippen molar-refractivity contribution in [2.45, 2.75) is 51.7 Å². The zero-order chi connectivity index (χ0) is 20.2. The van der Waals surface area contributed by atoms with Crippen molar-refractivity contribution >= 4 is 23.5 Å². The highest BCUT2D eigenvalue weighted by Crippen LogP contribution is 2.25. The van der Waals surface area contributed by atoms with E-state index < -0.39 is 17.7 Å². The molecule has 0 aromatic heterocycles. The van der Waals surface area contributed by atoms with Crippen LogP contribution in [0.25, 0.3) is 0 Å². The molecule has 0 radical (unpaired) electrons. The van der Waals surface area contributed by atoms with Crippen LogP contribution in [0.15, 0.2) is 36.0 Å². The van der Waals surface area contributed by atoms with Gasteiger partial charge in [0.1, 0.15) is 5.60 Å². The molecule has 0 spiro atoms. The van der Waals surface area contributed by atoms with Crippen molar-refractivity contribution in [3.8, 4) is 0 Å². The Hall–Kier alpha value is -2.01. The Morgan fingerprint density at radius 3 is 2.44 bits per heavy atom. The largest absolute Gasteiger partial charge is 0.444 e. The highest BCUT2D eigenvalue weighted by Gasteiger charge is 2.37. The fourth-order valence-corrected chi connectivity index (χ4v) is 3.25. The molecule has 1 aromatic rings. The lowest BCUT2D eigenvalue weighted by Gasteiger charge is -2.28. The molecule has 1 aliphatic rings. The van der Waals surface area contributed by atoms with E-state index in [1.54, 1.807) is 4.90 Å². The molecule has 1 atom stereocenters. The van der Waals surface area contributed by atoms with Crippen LogP contribution < -0.4 is 0 Å². The second-order valence-corrected chi connectivity index (χ2v) is 8.55. The number of benzene rings is 1. The topological polar surface area (TPSA) is 49.9 Å². The lowest BCUT2D eigenvalue weighted by atomic mass is 9.96. The molecule has 0 N–H and O–H groups in total. The Bertz CT molecular complexity index is 705. The van der Waals surface area contributed by atoms with E-state index in [2.05, 4.69) is 0 Å². The van der Waals surface area contributed by atoms with E-state index in [-0.39, 0.29) is 5.78 Å². The number of hydrogen-bond acceptors (Lipinski definition) is 4. The minimum absolute atomic E-state index is 0.0259. The van der Waals surface area contributed by atoms with Gasteiger partial charge in [-0.1, -0.05) is 23.7 Å². The summed E-state index contributed by atoms with van der Waals surface area (Å²) in [5.74, 6) is -0.0259. The fourth-order valence-electron chi connectivity index (χ4n) is 3.12. The van der Waals surface area contributed by atoms with E-state index in [1.807, 2.05) is 70.2 Å². The van der Waals surface area contributed by atoms with Gasteiger partial charge in [-0.2, -0.15) is 0 Å². The van der Waals surface area contributed by atoms with Crippen LogP contribution in [0.5, 0.6) is 0 Å². The maximum Gasteiger partial charge on any atom is 0.410 e. The number of ether oxygens (including phenoxy) is 1. The summed E-state index contributed by atoms with van der Waals surface area (Å²) in [6, 6.07) is 6.99. The third-order valence-corrected chi connectivity index (χ3v) is 4.47. The van der Waals surface area contributed by atoms with Crippen molar-refractivity contribution in [1.82, 2.24) is 9.80 Å². The van der Waals surface area contributed by atoms with Gasteiger partial charge in [0.05, 0.1) is 6.04 Å². The fraction of sp³-hybridized carbons (Fsp3) is 0.524. The van der Waals surface area contributed by atoms with E-state index in [0.717, 1.165) is 12.0 Å². The SMILES string of the molecule is CN(C)C=C(Cc1ccc(Cl)cc1)C(=O)[C@@H]1CCCN1C(=O)OC(C)(C)C. The molecule has 1 aromatic carbocycles. The number of halogens is 1. The molecular weight excluding hydrogens is 364 g/mol. The number of nitrogens with zero attached hydrogens (tertiary/aromatic N) is 2. The first-order chi connectivity index (χ1) is 12.6. The van der Waals surface area contributed by atoms with Crippen LogP contribution in [0.1, 0.15) is 39.2 Å². The molecule has 27 heavy (non-hydrogen) atoms. The van der Waals surface area contributed by atoms with Crippen LogP contribution in [0.2, 0.25) is 5.02 Å². The summed E-state index contributed by atoms with van der Waals surface area (Å²) in [5.41, 5.74) is 1.09. The van der Waals surface area contributed by atoms with Crippen molar-refractivity contribution in [3.63, 3.8) is 0 Å². The molecule has 1 fully saturated rings. The smallest absolute Gasteiger partial charge is 0.410 e. The Balaban J connectivity index is 2.20. The summed E-state index contributed by atoms with van der Waals surface area (Å²) in [7, 11) is 3.77. The van der Waals surface area contributed by atoms with Crippen molar-refractivity contribution in [1.29, 1.82) is 0 Å². The van der Waals surface area contributed by atoms with E-state index >= 15 is 0 Å². The monoisotopic (exact) mass is 392 g/mol. The van der Waals surface area contributed by atoms with E-state index in [9.17, 15) is 9.59 Å². The first-order valence-corrected chi connectivity index (χ1v) is 9.60. The summed E-state index contributed by atoms with van der Waals surface area (Å²) < 4.78 is 5.48. The van der Waals surface area contributed by atoms with E-state index in [0.29, 0.717) is 30.0 Å². The molecule has 1 amide bonds. The number of ketones is 1. The van der Waals surface area contributed by atoms with Gasteiger partial charge in [-0.15, -0.1) is 0 Å². The average molecular weight is 393 g/mol. The van der Waals surface area contributed by atoms with Gasteiger partial charge in [-0.3, -0.25) is 9.69 Å². The minimum atomic E-state index is -0.584. The van der Waals surface area contributed by atoms with Gasteiger partial charge in [0.25, 0.3) is 0 Å². The highest BCUT2D eigenvalue weighted by atomic mass is 35.5. The minimum Gasteiger partial charge on any atom is -0.444 e. The molecular formula is C21H29ClN2O3. The Kier molecular flexibility index (Phi) is 6.93. The normalized spacial score (nSPS) is 17.8. The third-order valence-electron chi connectivity index (χ3n) is 4.22. The van der Waals surface area contributed by atoms with Crippen LogP contribution >= 0.6 is 11.6 Å². The molecule has 2 rings (SSSR count). The number of carbonyl (C=O) groups excluding carboxylic acids is 2. The van der Waals surface area contributed by atoms with Crippen molar-refractivity contribution < 1.29 is 14.3 Å². The number of Topliss-reactive ketones (excluding diaryl/α,β-unsaturated/α-hetero) is 1. The summed E-state index contributed by atoms with van der Waals surface area (Å²) in [6.07, 6.45) is 3.36. The van der Waals surface area contributed by atoms with Crippen LogP contribution in [0, 0.1) is 0 Å². The summed E-state index contributed by atoms with van der Waals surface area (Å²) >= 11 is 5.96. The average Bonchev–Trinajstić information content (AvgIpc) is 3.03.